The van der Waals surface area contributed by atoms with Gasteiger partial charge in [0.05, 0.1) is 5.92 Å². The lowest BCUT2D eigenvalue weighted by Gasteiger charge is -2.29. The van der Waals surface area contributed by atoms with Crippen molar-refractivity contribution in [1.82, 2.24) is 5.32 Å². The molecule has 0 bridgehead atoms. The Hall–Kier alpha value is -1.55. The van der Waals surface area contributed by atoms with Gasteiger partial charge < -0.3 is 15.5 Å². The van der Waals surface area contributed by atoms with Crippen LogP contribution in [0.4, 0.5) is 0 Å². The minimum atomic E-state index is -0.667. The minimum absolute atomic E-state index is 0.165. The summed E-state index contributed by atoms with van der Waals surface area (Å²) >= 11 is 0. The molecule has 0 aromatic heterocycles. The van der Waals surface area contributed by atoms with Gasteiger partial charge >= 0.3 is 5.97 Å². The molecule has 4 nitrogen and oxygen atoms in total. The standard InChI is InChI=1S/C15H21NO3/c1-10(12-3-2-4-14(17)9-12)16-13-7-5-11(6-8-13)15(18)19/h2-4,9-11,13,16-17H,5-8H2,1H3,(H,18,19). The Morgan fingerprint density at radius 1 is 1.32 bits per heavy atom. The number of benzene rings is 1. The molecule has 1 saturated carbocycles. The highest BCUT2D eigenvalue weighted by molar-refractivity contribution is 5.70. The molecule has 1 aromatic carbocycles. The first-order valence-corrected chi connectivity index (χ1v) is 6.84. The predicted molar refractivity (Wildman–Crippen MR) is 73.0 cm³/mol. The van der Waals surface area contributed by atoms with E-state index in [1.807, 2.05) is 12.1 Å². The Morgan fingerprint density at radius 3 is 2.58 bits per heavy atom. The van der Waals surface area contributed by atoms with Crippen LogP contribution in [0.15, 0.2) is 24.3 Å². The Balaban J connectivity index is 1.87. The van der Waals surface area contributed by atoms with E-state index in [0.29, 0.717) is 6.04 Å². The van der Waals surface area contributed by atoms with E-state index in [0.717, 1.165) is 31.2 Å². The first kappa shape index (κ1) is 13.9. The van der Waals surface area contributed by atoms with E-state index >= 15 is 0 Å². The minimum Gasteiger partial charge on any atom is -0.508 e. The van der Waals surface area contributed by atoms with Crippen molar-refractivity contribution in [3.05, 3.63) is 29.8 Å². The molecule has 1 fully saturated rings. The van der Waals surface area contributed by atoms with Crippen molar-refractivity contribution in [3.8, 4) is 5.75 Å². The van der Waals surface area contributed by atoms with E-state index in [2.05, 4.69) is 12.2 Å². The first-order valence-electron chi connectivity index (χ1n) is 6.84. The number of aromatic hydroxyl groups is 1. The Morgan fingerprint density at radius 2 is 2.00 bits per heavy atom. The zero-order valence-corrected chi connectivity index (χ0v) is 11.2. The summed E-state index contributed by atoms with van der Waals surface area (Å²) in [5.74, 6) is -0.561. The molecule has 2 rings (SSSR count). The SMILES string of the molecule is CC(NC1CCC(C(=O)O)CC1)c1cccc(O)c1. The van der Waals surface area contributed by atoms with Gasteiger partial charge in [-0.3, -0.25) is 4.79 Å². The molecule has 0 spiro atoms. The fourth-order valence-electron chi connectivity index (χ4n) is 2.75. The van der Waals surface area contributed by atoms with Crippen molar-refractivity contribution in [2.75, 3.05) is 0 Å². The molecule has 0 saturated heterocycles. The fourth-order valence-corrected chi connectivity index (χ4v) is 2.75. The average molecular weight is 263 g/mol. The highest BCUT2D eigenvalue weighted by atomic mass is 16.4. The molecule has 0 radical (unpaired) electrons. The van der Waals surface area contributed by atoms with Gasteiger partial charge in [0.15, 0.2) is 0 Å². The van der Waals surface area contributed by atoms with Crippen LogP contribution in [0.3, 0.4) is 0 Å². The molecular weight excluding hydrogens is 242 g/mol. The summed E-state index contributed by atoms with van der Waals surface area (Å²) in [6, 6.07) is 7.78. The highest BCUT2D eigenvalue weighted by Crippen LogP contribution is 2.27. The molecule has 1 aliphatic carbocycles. The summed E-state index contributed by atoms with van der Waals surface area (Å²) in [7, 11) is 0. The number of phenols is 1. The zero-order valence-electron chi connectivity index (χ0n) is 11.2. The van der Waals surface area contributed by atoms with Gasteiger partial charge in [-0.1, -0.05) is 12.1 Å². The van der Waals surface area contributed by atoms with E-state index < -0.39 is 5.97 Å². The van der Waals surface area contributed by atoms with Gasteiger partial charge in [-0.05, 0) is 50.3 Å². The van der Waals surface area contributed by atoms with E-state index in [1.165, 1.54) is 0 Å². The molecule has 1 atom stereocenters. The number of phenolic OH excluding ortho intramolecular Hbond substituents is 1. The summed E-state index contributed by atoms with van der Waals surface area (Å²) in [6.07, 6.45) is 3.31. The first-order chi connectivity index (χ1) is 9.06. The maximum atomic E-state index is 10.9. The largest absolute Gasteiger partial charge is 0.508 e. The molecule has 0 heterocycles. The molecule has 1 aliphatic rings. The molecule has 0 amide bonds. The van der Waals surface area contributed by atoms with Crippen LogP contribution < -0.4 is 5.32 Å². The third-order valence-electron chi connectivity index (χ3n) is 3.93. The number of carboxylic acid groups (broad SMARTS) is 1. The van der Waals surface area contributed by atoms with Gasteiger partial charge in [0, 0.05) is 12.1 Å². The van der Waals surface area contributed by atoms with E-state index in [9.17, 15) is 9.90 Å². The Kier molecular flexibility index (Phi) is 4.43. The molecule has 104 valence electrons. The average Bonchev–Trinajstić information content (AvgIpc) is 2.39. The normalized spacial score (nSPS) is 24.9. The Bertz CT molecular complexity index is 439. The van der Waals surface area contributed by atoms with Crippen LogP contribution in [0.2, 0.25) is 0 Å². The van der Waals surface area contributed by atoms with Crippen molar-refractivity contribution in [3.63, 3.8) is 0 Å². The monoisotopic (exact) mass is 263 g/mol. The zero-order chi connectivity index (χ0) is 13.8. The summed E-state index contributed by atoms with van der Waals surface area (Å²) in [5, 5.41) is 22.0. The second-order valence-corrected chi connectivity index (χ2v) is 5.37. The maximum Gasteiger partial charge on any atom is 0.306 e. The van der Waals surface area contributed by atoms with Crippen LogP contribution in [0, 0.1) is 5.92 Å². The number of carbonyl (C=O) groups is 1. The van der Waals surface area contributed by atoms with E-state index in [4.69, 9.17) is 5.11 Å². The van der Waals surface area contributed by atoms with E-state index in [1.54, 1.807) is 12.1 Å². The number of aliphatic carboxylic acids is 1. The highest BCUT2D eigenvalue weighted by Gasteiger charge is 2.26. The Labute approximate surface area is 113 Å². The smallest absolute Gasteiger partial charge is 0.306 e. The third-order valence-corrected chi connectivity index (χ3v) is 3.93. The summed E-state index contributed by atoms with van der Waals surface area (Å²) in [4.78, 5) is 10.9. The summed E-state index contributed by atoms with van der Waals surface area (Å²) < 4.78 is 0. The van der Waals surface area contributed by atoms with Gasteiger partial charge in [0.2, 0.25) is 0 Å². The third kappa shape index (κ3) is 3.70. The van der Waals surface area contributed by atoms with Gasteiger partial charge in [0.1, 0.15) is 5.75 Å². The van der Waals surface area contributed by atoms with Crippen LogP contribution in [0.5, 0.6) is 5.75 Å². The molecule has 0 aliphatic heterocycles. The van der Waals surface area contributed by atoms with Crippen molar-refractivity contribution < 1.29 is 15.0 Å². The predicted octanol–water partition coefficient (Wildman–Crippen LogP) is 2.69. The summed E-state index contributed by atoms with van der Waals surface area (Å²) in [6.45, 7) is 2.07. The van der Waals surface area contributed by atoms with Gasteiger partial charge in [-0.25, -0.2) is 0 Å². The molecular formula is C15H21NO3. The number of hydrogen-bond acceptors (Lipinski definition) is 3. The number of nitrogens with one attached hydrogen (secondary N) is 1. The number of rotatable bonds is 4. The maximum absolute atomic E-state index is 10.9. The van der Waals surface area contributed by atoms with Crippen molar-refractivity contribution >= 4 is 5.97 Å². The molecule has 1 aromatic rings. The van der Waals surface area contributed by atoms with Crippen LogP contribution in [0.1, 0.15) is 44.2 Å². The summed E-state index contributed by atoms with van der Waals surface area (Å²) in [5.41, 5.74) is 1.06. The molecule has 3 N–H and O–H groups in total. The second-order valence-electron chi connectivity index (χ2n) is 5.37. The lowest BCUT2D eigenvalue weighted by molar-refractivity contribution is -0.142. The second kappa shape index (κ2) is 6.06. The van der Waals surface area contributed by atoms with Crippen LogP contribution in [-0.4, -0.2) is 22.2 Å². The van der Waals surface area contributed by atoms with Crippen molar-refractivity contribution in [2.45, 2.75) is 44.7 Å². The van der Waals surface area contributed by atoms with Crippen molar-refractivity contribution in [2.24, 2.45) is 5.92 Å². The number of hydrogen-bond donors (Lipinski definition) is 3. The van der Waals surface area contributed by atoms with Crippen molar-refractivity contribution in [1.29, 1.82) is 0 Å². The van der Waals surface area contributed by atoms with Crippen LogP contribution >= 0.6 is 0 Å². The van der Waals surface area contributed by atoms with E-state index in [-0.39, 0.29) is 17.7 Å². The molecule has 4 heteroatoms. The quantitative estimate of drug-likeness (QED) is 0.781. The molecule has 1 unspecified atom stereocenters. The van der Waals surface area contributed by atoms with Gasteiger partial charge in [-0.2, -0.15) is 0 Å². The number of carboxylic acids is 1. The topological polar surface area (TPSA) is 69.6 Å². The van der Waals surface area contributed by atoms with Gasteiger partial charge in [0.25, 0.3) is 0 Å². The lowest BCUT2D eigenvalue weighted by Crippen LogP contribution is -2.36. The fraction of sp³-hybridized carbons (Fsp3) is 0.533. The molecule has 19 heavy (non-hydrogen) atoms. The van der Waals surface area contributed by atoms with Crippen LogP contribution in [-0.2, 0) is 4.79 Å². The lowest BCUT2D eigenvalue weighted by atomic mass is 9.85. The van der Waals surface area contributed by atoms with Crippen LogP contribution in [0.25, 0.3) is 0 Å². The van der Waals surface area contributed by atoms with Gasteiger partial charge in [-0.15, -0.1) is 0 Å².